The van der Waals surface area contributed by atoms with Crippen LogP contribution in [-0.2, 0) is 14.3 Å². The van der Waals surface area contributed by atoms with Gasteiger partial charge in [0.25, 0.3) is 0 Å². The molecule has 0 spiro atoms. The van der Waals surface area contributed by atoms with Gasteiger partial charge in [-0.2, -0.15) is 0 Å². The van der Waals surface area contributed by atoms with Gasteiger partial charge in [-0.3, -0.25) is 0 Å². The molecule has 2 aliphatic rings. The van der Waals surface area contributed by atoms with Gasteiger partial charge in [-0.25, -0.2) is 4.79 Å². The Morgan fingerprint density at radius 2 is 2.13 bits per heavy atom. The molecule has 5 nitrogen and oxygen atoms in total. The van der Waals surface area contributed by atoms with Crippen LogP contribution in [0, 0.1) is 0 Å². The summed E-state index contributed by atoms with van der Waals surface area (Å²) in [6.07, 6.45) is 0.813. The van der Waals surface area contributed by atoms with Crippen molar-refractivity contribution in [3.8, 4) is 0 Å². The molecule has 15 heavy (non-hydrogen) atoms. The Kier molecular flexibility index (Phi) is 2.60. The zero-order chi connectivity index (χ0) is 11.0. The van der Waals surface area contributed by atoms with Crippen LogP contribution in [0.1, 0.15) is 13.3 Å². The molecule has 5 heteroatoms. The molecule has 0 aliphatic carbocycles. The number of hydrogen-bond donors (Lipinski definition) is 2. The number of rotatable bonds is 1. The van der Waals surface area contributed by atoms with E-state index in [2.05, 4.69) is 4.74 Å². The zero-order valence-electron chi connectivity index (χ0n) is 8.21. The van der Waals surface area contributed by atoms with E-state index >= 15 is 0 Å². The summed E-state index contributed by atoms with van der Waals surface area (Å²) in [6, 6.07) is 0. The Morgan fingerprint density at radius 3 is 2.67 bits per heavy atom. The van der Waals surface area contributed by atoms with Crippen molar-refractivity contribution < 1.29 is 24.5 Å². The maximum Gasteiger partial charge on any atom is 0.333 e. The zero-order valence-corrected chi connectivity index (χ0v) is 8.21. The first-order valence-corrected chi connectivity index (χ1v) is 4.68. The van der Waals surface area contributed by atoms with Crippen molar-refractivity contribution in [1.82, 2.24) is 0 Å². The number of aliphatic hydroxyl groups is 2. The second-order valence-electron chi connectivity index (χ2n) is 3.59. The fourth-order valence-electron chi connectivity index (χ4n) is 1.60. The third-order valence-corrected chi connectivity index (χ3v) is 2.51. The van der Waals surface area contributed by atoms with Crippen LogP contribution < -0.4 is 0 Å². The lowest BCUT2D eigenvalue weighted by Gasteiger charge is -2.27. The van der Waals surface area contributed by atoms with Gasteiger partial charge in [-0.1, -0.05) is 6.08 Å². The van der Waals surface area contributed by atoms with Crippen LogP contribution >= 0.6 is 0 Å². The standard InChI is InChI=1S/C10H12O5/c1-5-2-3-7(14-9(5)12)6-4-8(11)15-10(6)13/h2,4,7,9-10,12-13H,3H2,1H3/t7-,9?,10?/m0/s1. The van der Waals surface area contributed by atoms with Crippen LogP contribution in [0.3, 0.4) is 0 Å². The predicted molar refractivity (Wildman–Crippen MR) is 49.4 cm³/mol. The highest BCUT2D eigenvalue weighted by atomic mass is 16.6. The minimum Gasteiger partial charge on any atom is -0.429 e. The van der Waals surface area contributed by atoms with Crippen molar-refractivity contribution in [2.45, 2.75) is 32.0 Å². The molecular formula is C10H12O5. The predicted octanol–water partition coefficient (Wildman–Crippen LogP) is -0.158. The SMILES string of the molecule is CC1=CC[C@@H](C2=CC(=O)OC2O)OC1O. The summed E-state index contributed by atoms with van der Waals surface area (Å²) in [5.74, 6) is -0.582. The summed E-state index contributed by atoms with van der Waals surface area (Å²) >= 11 is 0. The van der Waals surface area contributed by atoms with Gasteiger partial charge in [0.2, 0.25) is 6.29 Å². The van der Waals surface area contributed by atoms with Crippen LogP contribution in [0.4, 0.5) is 0 Å². The number of ether oxygens (including phenoxy) is 2. The molecule has 2 rings (SSSR count). The van der Waals surface area contributed by atoms with Gasteiger partial charge in [-0.15, -0.1) is 0 Å². The average molecular weight is 212 g/mol. The molecule has 0 aromatic rings. The summed E-state index contributed by atoms with van der Waals surface area (Å²) < 4.78 is 9.76. The third-order valence-electron chi connectivity index (χ3n) is 2.51. The molecular weight excluding hydrogens is 200 g/mol. The lowest BCUT2D eigenvalue weighted by molar-refractivity contribution is -0.155. The lowest BCUT2D eigenvalue weighted by Crippen LogP contribution is -2.31. The van der Waals surface area contributed by atoms with E-state index in [1.165, 1.54) is 6.08 Å². The second-order valence-corrected chi connectivity index (χ2v) is 3.59. The van der Waals surface area contributed by atoms with E-state index in [0.717, 1.165) is 5.57 Å². The molecule has 2 unspecified atom stereocenters. The number of hydrogen-bond acceptors (Lipinski definition) is 5. The van der Waals surface area contributed by atoms with Gasteiger partial charge in [0.05, 0.1) is 6.10 Å². The Bertz CT molecular complexity index is 344. The molecule has 0 radical (unpaired) electrons. The van der Waals surface area contributed by atoms with Crippen LogP contribution in [0.2, 0.25) is 0 Å². The Labute approximate surface area is 86.6 Å². The molecule has 2 aliphatic heterocycles. The average Bonchev–Trinajstić information content (AvgIpc) is 2.50. The Morgan fingerprint density at radius 1 is 1.40 bits per heavy atom. The van der Waals surface area contributed by atoms with E-state index in [0.29, 0.717) is 12.0 Å². The lowest BCUT2D eigenvalue weighted by atomic mass is 10.0. The minimum absolute atomic E-state index is 0.364. The van der Waals surface area contributed by atoms with E-state index < -0.39 is 24.7 Å². The number of carbonyl (C=O) groups excluding carboxylic acids is 1. The first kappa shape index (κ1) is 10.4. The second kappa shape index (κ2) is 3.77. The number of esters is 1. The fraction of sp³-hybridized carbons (Fsp3) is 0.500. The van der Waals surface area contributed by atoms with Crippen molar-refractivity contribution in [2.24, 2.45) is 0 Å². The summed E-state index contributed by atoms with van der Waals surface area (Å²) in [5, 5.41) is 18.8. The molecule has 0 saturated carbocycles. The Hall–Kier alpha value is -1.17. The van der Waals surface area contributed by atoms with Crippen molar-refractivity contribution in [3.05, 3.63) is 23.3 Å². The van der Waals surface area contributed by atoms with Crippen LogP contribution in [0.25, 0.3) is 0 Å². The monoisotopic (exact) mass is 212 g/mol. The molecule has 2 N–H and O–H groups in total. The highest BCUT2D eigenvalue weighted by Gasteiger charge is 2.33. The quantitative estimate of drug-likeness (QED) is 0.466. The maximum atomic E-state index is 10.9. The largest absolute Gasteiger partial charge is 0.429 e. The molecule has 2 heterocycles. The smallest absolute Gasteiger partial charge is 0.333 e. The first-order valence-electron chi connectivity index (χ1n) is 4.68. The van der Waals surface area contributed by atoms with Crippen LogP contribution in [0.15, 0.2) is 23.3 Å². The van der Waals surface area contributed by atoms with Crippen LogP contribution in [-0.4, -0.2) is 34.9 Å². The number of carbonyl (C=O) groups is 1. The van der Waals surface area contributed by atoms with E-state index in [1.807, 2.05) is 6.08 Å². The molecule has 0 fully saturated rings. The van der Waals surface area contributed by atoms with Crippen LogP contribution in [0.5, 0.6) is 0 Å². The van der Waals surface area contributed by atoms with E-state index in [9.17, 15) is 15.0 Å². The van der Waals surface area contributed by atoms with Gasteiger partial charge < -0.3 is 19.7 Å². The topological polar surface area (TPSA) is 76.0 Å². The molecule has 0 aromatic carbocycles. The molecule has 0 saturated heterocycles. The normalized spacial score (nSPS) is 35.9. The molecule has 0 bridgehead atoms. The van der Waals surface area contributed by atoms with Crippen molar-refractivity contribution in [2.75, 3.05) is 0 Å². The molecule has 3 atom stereocenters. The van der Waals surface area contributed by atoms with Gasteiger partial charge in [0.15, 0.2) is 6.29 Å². The Balaban J connectivity index is 2.14. The molecule has 0 aromatic heterocycles. The minimum atomic E-state index is -1.25. The maximum absolute atomic E-state index is 10.9. The van der Waals surface area contributed by atoms with Crippen molar-refractivity contribution in [3.63, 3.8) is 0 Å². The summed E-state index contributed by atoms with van der Waals surface area (Å²) in [5.41, 5.74) is 1.09. The summed E-state index contributed by atoms with van der Waals surface area (Å²) in [7, 11) is 0. The van der Waals surface area contributed by atoms with Crippen molar-refractivity contribution in [1.29, 1.82) is 0 Å². The molecule has 82 valence electrons. The summed E-state index contributed by atoms with van der Waals surface area (Å²) in [4.78, 5) is 10.9. The number of cyclic esters (lactones) is 1. The summed E-state index contributed by atoms with van der Waals surface area (Å²) in [6.45, 7) is 1.75. The van der Waals surface area contributed by atoms with E-state index in [-0.39, 0.29) is 0 Å². The van der Waals surface area contributed by atoms with Gasteiger partial charge in [0.1, 0.15) is 0 Å². The fourth-order valence-corrected chi connectivity index (χ4v) is 1.60. The van der Waals surface area contributed by atoms with Crippen molar-refractivity contribution >= 4 is 5.97 Å². The van der Waals surface area contributed by atoms with Gasteiger partial charge >= 0.3 is 5.97 Å². The van der Waals surface area contributed by atoms with E-state index in [4.69, 9.17) is 4.74 Å². The third kappa shape index (κ3) is 1.94. The molecule has 0 amide bonds. The highest BCUT2D eigenvalue weighted by molar-refractivity contribution is 5.85. The van der Waals surface area contributed by atoms with Gasteiger partial charge in [0, 0.05) is 11.6 Å². The van der Waals surface area contributed by atoms with Gasteiger partial charge in [-0.05, 0) is 18.9 Å². The first-order chi connectivity index (χ1) is 7.08. The number of aliphatic hydroxyl groups excluding tert-OH is 2. The van der Waals surface area contributed by atoms with E-state index in [1.54, 1.807) is 6.92 Å². The highest BCUT2D eigenvalue weighted by Crippen LogP contribution is 2.27.